The zero-order valence-electron chi connectivity index (χ0n) is 13.3. The molecule has 1 unspecified atom stereocenters. The lowest BCUT2D eigenvalue weighted by Gasteiger charge is -2.45. The summed E-state index contributed by atoms with van der Waals surface area (Å²) >= 11 is 0. The molecular formula is C17H26F2N2. The molecule has 2 rings (SSSR count). The van der Waals surface area contributed by atoms with Crippen LogP contribution in [-0.4, -0.2) is 23.5 Å². The summed E-state index contributed by atoms with van der Waals surface area (Å²) in [6.07, 6.45) is 3.95. The van der Waals surface area contributed by atoms with Gasteiger partial charge in [0.05, 0.1) is 6.04 Å². The van der Waals surface area contributed by atoms with Gasteiger partial charge in [0.2, 0.25) is 0 Å². The molecular weight excluding hydrogens is 270 g/mol. The fourth-order valence-electron chi connectivity index (χ4n) is 3.90. The van der Waals surface area contributed by atoms with Gasteiger partial charge in [0.25, 0.3) is 0 Å². The van der Waals surface area contributed by atoms with E-state index in [0.29, 0.717) is 5.56 Å². The van der Waals surface area contributed by atoms with E-state index in [-0.39, 0.29) is 11.1 Å². The number of nitrogens with zero attached hydrogens (tertiary/aromatic N) is 1. The summed E-state index contributed by atoms with van der Waals surface area (Å²) in [6.45, 7) is 7.51. The first kappa shape index (κ1) is 16.4. The predicted octanol–water partition coefficient (Wildman–Crippen LogP) is 3.93. The Morgan fingerprint density at radius 2 is 1.76 bits per heavy atom. The molecule has 1 saturated carbocycles. The molecule has 1 aromatic rings. The van der Waals surface area contributed by atoms with E-state index >= 15 is 0 Å². The van der Waals surface area contributed by atoms with Gasteiger partial charge in [-0.3, -0.25) is 4.90 Å². The van der Waals surface area contributed by atoms with Gasteiger partial charge in [-0.15, -0.1) is 0 Å². The molecule has 118 valence electrons. The Morgan fingerprint density at radius 3 is 2.29 bits per heavy atom. The van der Waals surface area contributed by atoms with Gasteiger partial charge in [0.1, 0.15) is 11.6 Å². The molecule has 1 aromatic carbocycles. The van der Waals surface area contributed by atoms with Crippen molar-refractivity contribution in [3.63, 3.8) is 0 Å². The van der Waals surface area contributed by atoms with Gasteiger partial charge in [-0.1, -0.05) is 32.8 Å². The summed E-state index contributed by atoms with van der Waals surface area (Å²) in [5.74, 6) is -1.01. The van der Waals surface area contributed by atoms with Crippen LogP contribution < -0.4 is 5.73 Å². The molecule has 0 radical (unpaired) electrons. The van der Waals surface area contributed by atoms with Crippen LogP contribution in [0.5, 0.6) is 0 Å². The van der Waals surface area contributed by atoms with Gasteiger partial charge in [-0.05, 0) is 44.5 Å². The molecule has 1 aliphatic carbocycles. The maximum Gasteiger partial charge on any atom is 0.133 e. The minimum absolute atomic E-state index is 0.0591. The zero-order chi connectivity index (χ0) is 15.6. The first-order valence-corrected chi connectivity index (χ1v) is 7.93. The highest BCUT2D eigenvalue weighted by atomic mass is 19.1. The second-order valence-electron chi connectivity index (χ2n) is 6.05. The zero-order valence-corrected chi connectivity index (χ0v) is 13.3. The molecule has 0 heterocycles. The van der Waals surface area contributed by atoms with Gasteiger partial charge < -0.3 is 5.73 Å². The lowest BCUT2D eigenvalue weighted by atomic mass is 9.81. The maximum atomic E-state index is 14.5. The first-order chi connectivity index (χ1) is 9.97. The van der Waals surface area contributed by atoms with Crippen LogP contribution in [0.1, 0.15) is 56.7 Å². The quantitative estimate of drug-likeness (QED) is 0.892. The molecule has 0 amide bonds. The average molecular weight is 296 g/mol. The molecule has 4 heteroatoms. The Kier molecular flexibility index (Phi) is 4.99. The van der Waals surface area contributed by atoms with Crippen LogP contribution in [0.4, 0.5) is 8.78 Å². The van der Waals surface area contributed by atoms with Crippen LogP contribution in [0.3, 0.4) is 0 Å². The van der Waals surface area contributed by atoms with E-state index in [1.807, 2.05) is 0 Å². The van der Waals surface area contributed by atoms with Crippen molar-refractivity contribution in [2.45, 2.75) is 58.0 Å². The van der Waals surface area contributed by atoms with Crippen molar-refractivity contribution in [3.05, 3.63) is 34.9 Å². The minimum atomic E-state index is -0.625. The Balaban J connectivity index is 2.49. The number of nitrogens with two attached hydrogens (primary N) is 1. The van der Waals surface area contributed by atoms with Crippen molar-refractivity contribution >= 4 is 0 Å². The summed E-state index contributed by atoms with van der Waals surface area (Å²) in [7, 11) is 0. The summed E-state index contributed by atoms with van der Waals surface area (Å²) in [4.78, 5) is 2.28. The fraction of sp³-hybridized carbons (Fsp3) is 0.647. The average Bonchev–Trinajstić information content (AvgIpc) is 2.95. The number of hydrogen-bond acceptors (Lipinski definition) is 2. The third kappa shape index (κ3) is 2.71. The molecule has 1 aliphatic rings. The van der Waals surface area contributed by atoms with Crippen LogP contribution >= 0.6 is 0 Å². The van der Waals surface area contributed by atoms with Crippen molar-refractivity contribution in [2.75, 3.05) is 13.1 Å². The van der Waals surface area contributed by atoms with Gasteiger partial charge >= 0.3 is 0 Å². The van der Waals surface area contributed by atoms with Crippen molar-refractivity contribution in [3.8, 4) is 0 Å². The van der Waals surface area contributed by atoms with Gasteiger partial charge in [-0.2, -0.15) is 0 Å². The van der Waals surface area contributed by atoms with Gasteiger partial charge in [0, 0.05) is 11.1 Å². The topological polar surface area (TPSA) is 29.3 Å². The summed E-state index contributed by atoms with van der Waals surface area (Å²) in [5.41, 5.74) is 6.63. The van der Waals surface area contributed by atoms with Crippen LogP contribution in [0.15, 0.2) is 12.1 Å². The largest absolute Gasteiger partial charge is 0.322 e. The van der Waals surface area contributed by atoms with E-state index in [1.54, 1.807) is 6.92 Å². The highest BCUT2D eigenvalue weighted by Crippen LogP contribution is 2.44. The monoisotopic (exact) mass is 296 g/mol. The van der Waals surface area contributed by atoms with E-state index in [1.165, 1.54) is 12.1 Å². The van der Waals surface area contributed by atoms with E-state index < -0.39 is 17.7 Å². The third-order valence-electron chi connectivity index (χ3n) is 5.07. The highest BCUT2D eigenvalue weighted by Gasteiger charge is 2.45. The predicted molar refractivity (Wildman–Crippen MR) is 82.1 cm³/mol. The maximum absolute atomic E-state index is 14.5. The van der Waals surface area contributed by atoms with Crippen LogP contribution in [0.2, 0.25) is 0 Å². The minimum Gasteiger partial charge on any atom is -0.322 e. The Hall–Kier alpha value is -1.00. The number of hydrogen-bond donors (Lipinski definition) is 1. The van der Waals surface area contributed by atoms with E-state index in [9.17, 15) is 8.78 Å². The van der Waals surface area contributed by atoms with Crippen molar-refractivity contribution in [2.24, 2.45) is 5.73 Å². The molecule has 21 heavy (non-hydrogen) atoms. The third-order valence-corrected chi connectivity index (χ3v) is 5.07. The SMILES string of the molecule is CCN(CC)C1(C(N)c2c(F)ccc(C)c2F)CCCC1. The second-order valence-corrected chi connectivity index (χ2v) is 6.05. The molecule has 2 N–H and O–H groups in total. The Bertz CT molecular complexity index is 492. The first-order valence-electron chi connectivity index (χ1n) is 7.93. The molecule has 2 nitrogen and oxygen atoms in total. The highest BCUT2D eigenvalue weighted by molar-refractivity contribution is 5.32. The van der Waals surface area contributed by atoms with E-state index in [4.69, 9.17) is 5.73 Å². The molecule has 0 aliphatic heterocycles. The molecule has 0 aromatic heterocycles. The lowest BCUT2D eigenvalue weighted by Crippen LogP contribution is -2.54. The van der Waals surface area contributed by atoms with Gasteiger partial charge in [-0.25, -0.2) is 8.78 Å². The normalized spacial score (nSPS) is 19.2. The van der Waals surface area contributed by atoms with Crippen LogP contribution in [0, 0.1) is 18.6 Å². The number of aryl methyl sites for hydroxylation is 1. The number of benzene rings is 1. The van der Waals surface area contributed by atoms with Gasteiger partial charge in [0.15, 0.2) is 0 Å². The molecule has 0 saturated heterocycles. The fourth-order valence-corrected chi connectivity index (χ4v) is 3.90. The van der Waals surface area contributed by atoms with Crippen molar-refractivity contribution in [1.29, 1.82) is 0 Å². The Labute approximate surface area is 126 Å². The summed E-state index contributed by atoms with van der Waals surface area (Å²) in [5, 5.41) is 0. The molecule has 0 spiro atoms. The number of halogens is 2. The molecule has 0 bridgehead atoms. The Morgan fingerprint density at radius 1 is 1.19 bits per heavy atom. The van der Waals surface area contributed by atoms with E-state index in [2.05, 4.69) is 18.7 Å². The smallest absolute Gasteiger partial charge is 0.133 e. The molecule has 1 fully saturated rings. The lowest BCUT2D eigenvalue weighted by molar-refractivity contribution is 0.0744. The summed E-state index contributed by atoms with van der Waals surface area (Å²) < 4.78 is 28.7. The molecule has 1 atom stereocenters. The number of likely N-dealkylation sites (N-methyl/N-ethyl adjacent to an activating group) is 1. The van der Waals surface area contributed by atoms with Crippen LogP contribution in [-0.2, 0) is 0 Å². The van der Waals surface area contributed by atoms with Crippen molar-refractivity contribution in [1.82, 2.24) is 4.90 Å². The second kappa shape index (κ2) is 6.41. The van der Waals surface area contributed by atoms with E-state index in [0.717, 1.165) is 38.8 Å². The van der Waals surface area contributed by atoms with Crippen LogP contribution in [0.25, 0.3) is 0 Å². The number of rotatable bonds is 5. The standard InChI is InChI=1S/C17H26F2N2/c1-4-21(5-2)17(10-6-7-11-17)16(20)14-13(18)9-8-12(3)15(14)19/h8-9,16H,4-7,10-11,20H2,1-3H3. The van der Waals surface area contributed by atoms with Crippen molar-refractivity contribution < 1.29 is 8.78 Å². The summed E-state index contributed by atoms with van der Waals surface area (Å²) in [6, 6.07) is 2.18.